The molecule has 10 nitrogen and oxygen atoms in total. The van der Waals surface area contributed by atoms with E-state index in [0.29, 0.717) is 17.7 Å². The molecule has 1 saturated heterocycles. The average Bonchev–Trinajstić information content (AvgIpc) is 3.46. The Kier molecular flexibility index (Phi) is 5.98. The van der Waals surface area contributed by atoms with Gasteiger partial charge in [0.1, 0.15) is 5.82 Å². The summed E-state index contributed by atoms with van der Waals surface area (Å²) in [6.45, 7) is 3.14. The summed E-state index contributed by atoms with van der Waals surface area (Å²) in [5, 5.41) is 17.4. The third-order valence-electron chi connectivity index (χ3n) is 7.35. The largest absolute Gasteiger partial charge is 0.379 e. The van der Waals surface area contributed by atoms with Crippen molar-refractivity contribution in [3.63, 3.8) is 0 Å². The summed E-state index contributed by atoms with van der Waals surface area (Å²) in [5.74, 6) is 2.38. The number of carbonyl (C=O) groups is 1. The van der Waals surface area contributed by atoms with Crippen LogP contribution in [0.15, 0.2) is 6.20 Å². The van der Waals surface area contributed by atoms with E-state index in [9.17, 15) is 4.79 Å². The molecule has 0 aromatic carbocycles. The molecule has 0 bridgehead atoms. The summed E-state index contributed by atoms with van der Waals surface area (Å²) in [7, 11) is 5.83. The molecular formula is C22H34N8O2. The zero-order valence-corrected chi connectivity index (χ0v) is 19.4. The molecule has 32 heavy (non-hydrogen) atoms. The number of amides is 1. The summed E-state index contributed by atoms with van der Waals surface area (Å²) in [5.41, 5.74) is 0.961. The van der Waals surface area contributed by atoms with E-state index in [1.807, 2.05) is 29.9 Å². The Hall–Kier alpha value is -2.33. The molecule has 174 valence electrons. The summed E-state index contributed by atoms with van der Waals surface area (Å²) in [4.78, 5) is 17.5. The number of aromatic nitrogens is 6. The van der Waals surface area contributed by atoms with E-state index in [2.05, 4.69) is 30.0 Å². The number of aryl methyl sites for hydroxylation is 1. The predicted octanol–water partition coefficient (Wildman–Crippen LogP) is 1.40. The van der Waals surface area contributed by atoms with Gasteiger partial charge in [-0.1, -0.05) is 11.6 Å². The smallest absolute Gasteiger partial charge is 0.291 e. The predicted molar refractivity (Wildman–Crippen MR) is 117 cm³/mol. The van der Waals surface area contributed by atoms with Gasteiger partial charge in [0.15, 0.2) is 0 Å². The molecule has 0 radical (unpaired) electrons. The summed E-state index contributed by atoms with van der Waals surface area (Å²) in [6.07, 6.45) is 8.29. The highest BCUT2D eigenvalue weighted by Crippen LogP contribution is 2.42. The fourth-order valence-electron chi connectivity index (χ4n) is 5.74. The topological polar surface area (TPSA) is 94.2 Å². The van der Waals surface area contributed by atoms with E-state index in [0.717, 1.165) is 69.8 Å². The number of fused-ring (bicyclic) bond motifs is 2. The normalized spacial score (nSPS) is 27.9. The molecule has 5 rings (SSSR count). The SMILES string of the molecule is CO[C@@H]1C[C@H]2CN(C(=O)c3nnc4n3CCCCC4)C[C@H]2C[C@H]1n1cc(CN(C)C)nn1. The highest BCUT2D eigenvalue weighted by atomic mass is 16.5. The zero-order chi connectivity index (χ0) is 22.2. The summed E-state index contributed by atoms with van der Waals surface area (Å²) < 4.78 is 9.92. The summed E-state index contributed by atoms with van der Waals surface area (Å²) >= 11 is 0. The molecule has 0 unspecified atom stereocenters. The van der Waals surface area contributed by atoms with Gasteiger partial charge in [-0.15, -0.1) is 15.3 Å². The third-order valence-corrected chi connectivity index (χ3v) is 7.35. The molecular weight excluding hydrogens is 408 g/mol. The molecule has 2 fully saturated rings. The molecule has 1 aliphatic carbocycles. The first-order valence-electron chi connectivity index (χ1n) is 11.8. The van der Waals surface area contributed by atoms with Crippen molar-refractivity contribution in [2.24, 2.45) is 11.8 Å². The summed E-state index contributed by atoms with van der Waals surface area (Å²) in [6, 6.07) is 0.143. The maximum atomic E-state index is 13.4. The van der Waals surface area contributed by atoms with E-state index < -0.39 is 0 Å². The van der Waals surface area contributed by atoms with Crippen LogP contribution in [-0.2, 0) is 24.2 Å². The number of hydrogen-bond acceptors (Lipinski definition) is 7. The highest BCUT2D eigenvalue weighted by Gasteiger charge is 2.45. The van der Waals surface area contributed by atoms with Gasteiger partial charge in [0, 0.05) is 39.7 Å². The van der Waals surface area contributed by atoms with Gasteiger partial charge in [-0.2, -0.15) is 0 Å². The van der Waals surface area contributed by atoms with Gasteiger partial charge in [0.25, 0.3) is 5.91 Å². The number of hydrogen-bond donors (Lipinski definition) is 0. The molecule has 4 atom stereocenters. The number of ether oxygens (including phenoxy) is 1. The molecule has 4 heterocycles. The second-order valence-corrected chi connectivity index (χ2v) is 9.87. The average molecular weight is 443 g/mol. The second-order valence-electron chi connectivity index (χ2n) is 9.87. The monoisotopic (exact) mass is 442 g/mol. The van der Waals surface area contributed by atoms with Crippen LogP contribution in [0.25, 0.3) is 0 Å². The van der Waals surface area contributed by atoms with Crippen molar-refractivity contribution in [3.8, 4) is 0 Å². The molecule has 2 aromatic rings. The fourth-order valence-corrected chi connectivity index (χ4v) is 5.74. The van der Waals surface area contributed by atoms with E-state index in [-0.39, 0.29) is 18.1 Å². The number of likely N-dealkylation sites (tertiary alicyclic amines) is 1. The van der Waals surface area contributed by atoms with Crippen LogP contribution < -0.4 is 0 Å². The van der Waals surface area contributed by atoms with Crippen LogP contribution in [-0.4, -0.2) is 85.9 Å². The molecule has 3 aliphatic rings. The van der Waals surface area contributed by atoms with Crippen LogP contribution >= 0.6 is 0 Å². The van der Waals surface area contributed by atoms with Crippen molar-refractivity contribution in [1.29, 1.82) is 0 Å². The highest BCUT2D eigenvalue weighted by molar-refractivity contribution is 5.91. The molecule has 1 amide bonds. The maximum Gasteiger partial charge on any atom is 0.291 e. The van der Waals surface area contributed by atoms with Crippen molar-refractivity contribution in [1.82, 2.24) is 39.6 Å². The van der Waals surface area contributed by atoms with Crippen LogP contribution in [0.3, 0.4) is 0 Å². The third kappa shape index (κ3) is 4.05. The number of nitrogens with zero attached hydrogens (tertiary/aromatic N) is 8. The molecule has 2 aliphatic heterocycles. The van der Waals surface area contributed by atoms with Gasteiger partial charge < -0.3 is 19.1 Å². The van der Waals surface area contributed by atoms with Crippen molar-refractivity contribution < 1.29 is 9.53 Å². The van der Waals surface area contributed by atoms with Crippen molar-refractivity contribution in [3.05, 3.63) is 23.5 Å². The second kappa shape index (κ2) is 8.90. The van der Waals surface area contributed by atoms with Crippen LogP contribution in [0.4, 0.5) is 0 Å². The molecule has 0 spiro atoms. The van der Waals surface area contributed by atoms with E-state index in [1.165, 1.54) is 6.42 Å². The number of rotatable bonds is 5. The zero-order valence-electron chi connectivity index (χ0n) is 19.4. The lowest BCUT2D eigenvalue weighted by molar-refractivity contribution is -0.00547. The number of methoxy groups -OCH3 is 1. The first-order valence-corrected chi connectivity index (χ1v) is 11.8. The molecule has 2 aromatic heterocycles. The van der Waals surface area contributed by atoms with Crippen LogP contribution in [0, 0.1) is 11.8 Å². The first-order chi connectivity index (χ1) is 15.5. The Morgan fingerprint density at radius 3 is 2.72 bits per heavy atom. The van der Waals surface area contributed by atoms with E-state index >= 15 is 0 Å². The van der Waals surface area contributed by atoms with Gasteiger partial charge in [0.05, 0.1) is 24.0 Å². The Bertz CT molecular complexity index is 954. The minimum atomic E-state index is 0.0274. The quantitative estimate of drug-likeness (QED) is 0.691. The Morgan fingerprint density at radius 1 is 1.12 bits per heavy atom. The van der Waals surface area contributed by atoms with Crippen molar-refractivity contribution >= 4 is 5.91 Å². The maximum absolute atomic E-state index is 13.4. The van der Waals surface area contributed by atoms with E-state index in [1.54, 1.807) is 7.11 Å². The van der Waals surface area contributed by atoms with Gasteiger partial charge in [-0.3, -0.25) is 4.79 Å². The van der Waals surface area contributed by atoms with Crippen molar-refractivity contribution in [2.45, 2.75) is 63.8 Å². The van der Waals surface area contributed by atoms with Gasteiger partial charge >= 0.3 is 0 Å². The van der Waals surface area contributed by atoms with Crippen LogP contribution in [0.5, 0.6) is 0 Å². The Labute approximate surface area is 188 Å². The Balaban J connectivity index is 1.30. The fraction of sp³-hybridized carbons (Fsp3) is 0.773. The van der Waals surface area contributed by atoms with Crippen LogP contribution in [0.1, 0.15) is 60.3 Å². The molecule has 10 heteroatoms. The van der Waals surface area contributed by atoms with Gasteiger partial charge in [-0.05, 0) is 51.6 Å². The molecule has 1 saturated carbocycles. The van der Waals surface area contributed by atoms with Crippen molar-refractivity contribution in [2.75, 3.05) is 34.3 Å². The lowest BCUT2D eigenvalue weighted by atomic mass is 9.77. The lowest BCUT2D eigenvalue weighted by Crippen LogP contribution is -2.37. The van der Waals surface area contributed by atoms with Gasteiger partial charge in [0.2, 0.25) is 5.82 Å². The first kappa shape index (κ1) is 21.5. The van der Waals surface area contributed by atoms with E-state index in [4.69, 9.17) is 4.74 Å². The van der Waals surface area contributed by atoms with Crippen LogP contribution in [0.2, 0.25) is 0 Å². The lowest BCUT2D eigenvalue weighted by Gasteiger charge is -2.36. The molecule has 0 N–H and O–H groups in total. The standard InChI is InChI=1S/C22H34N8O2/c1-27(2)13-17-14-30(26-23-17)18-9-15-11-28(12-16(15)10-19(18)32-3)22(31)21-25-24-20-7-5-4-6-8-29(20)21/h14-16,18-19H,4-13H2,1-3H3/t15-,16+,18-,19-/m1/s1. The minimum absolute atomic E-state index is 0.0274. The van der Waals surface area contributed by atoms with Gasteiger partial charge in [-0.25, -0.2) is 4.68 Å². The Morgan fingerprint density at radius 2 is 1.94 bits per heavy atom. The minimum Gasteiger partial charge on any atom is -0.379 e. The number of carbonyl (C=O) groups excluding carboxylic acids is 1.